The molecule has 0 N–H and O–H groups in total. The van der Waals surface area contributed by atoms with E-state index in [4.69, 9.17) is 16.3 Å². The topological polar surface area (TPSA) is 51.5 Å². The number of halogens is 1. The largest absolute Gasteiger partial charge is 0.490 e. The molecule has 0 saturated carbocycles. The normalized spacial score (nSPS) is 15.0. The number of piperidine rings is 1. The van der Waals surface area contributed by atoms with E-state index in [0.717, 1.165) is 29.5 Å². The molecule has 2 heterocycles. The van der Waals surface area contributed by atoms with Crippen LogP contribution in [0.2, 0.25) is 5.02 Å². The molecule has 1 aliphatic heterocycles. The molecule has 1 saturated heterocycles. The van der Waals surface area contributed by atoms with E-state index in [1.54, 1.807) is 34.7 Å². The van der Waals surface area contributed by atoms with Gasteiger partial charge in [0.1, 0.15) is 17.4 Å². The summed E-state index contributed by atoms with van der Waals surface area (Å²) in [6, 6.07) is 16.6. The van der Waals surface area contributed by atoms with Crippen molar-refractivity contribution in [1.29, 1.82) is 0 Å². The van der Waals surface area contributed by atoms with Crippen LogP contribution in [-0.2, 0) is 7.05 Å². The van der Waals surface area contributed by atoms with Gasteiger partial charge in [-0.2, -0.15) is 0 Å². The van der Waals surface area contributed by atoms with E-state index in [1.807, 2.05) is 36.4 Å². The van der Waals surface area contributed by atoms with E-state index >= 15 is 0 Å². The van der Waals surface area contributed by atoms with Gasteiger partial charge in [-0.15, -0.1) is 0 Å². The zero-order valence-corrected chi connectivity index (χ0v) is 16.4. The molecule has 144 valence electrons. The quantitative estimate of drug-likeness (QED) is 0.675. The second-order valence-corrected chi connectivity index (χ2v) is 7.48. The number of benzene rings is 2. The van der Waals surface area contributed by atoms with Crippen molar-refractivity contribution < 1.29 is 9.53 Å². The lowest BCUT2D eigenvalue weighted by Gasteiger charge is -2.32. The number of carbonyl (C=O) groups excluding carboxylic acids is 1. The van der Waals surface area contributed by atoms with Gasteiger partial charge in [0.2, 0.25) is 0 Å². The van der Waals surface area contributed by atoms with Crippen molar-refractivity contribution in [3.05, 3.63) is 75.5 Å². The molecule has 0 atom stereocenters. The van der Waals surface area contributed by atoms with Gasteiger partial charge in [0.25, 0.3) is 11.5 Å². The number of hydrogen-bond donors (Lipinski definition) is 0. The number of aromatic nitrogens is 1. The van der Waals surface area contributed by atoms with Crippen molar-refractivity contribution in [2.75, 3.05) is 13.1 Å². The molecule has 0 spiro atoms. The molecule has 2 aromatic carbocycles. The van der Waals surface area contributed by atoms with Crippen molar-refractivity contribution in [2.45, 2.75) is 18.9 Å². The Balaban J connectivity index is 1.47. The molecule has 6 heteroatoms. The molecule has 0 radical (unpaired) electrons. The summed E-state index contributed by atoms with van der Waals surface area (Å²) in [6.07, 6.45) is 1.49. The highest BCUT2D eigenvalue weighted by Gasteiger charge is 2.26. The van der Waals surface area contributed by atoms with Crippen LogP contribution in [0.3, 0.4) is 0 Å². The smallest absolute Gasteiger partial charge is 0.263 e. The SMILES string of the molecule is Cn1c(=O)c(C(=O)N2CCC(Oc3ccc(Cl)cc3)CC2)cc2ccccc21. The average Bonchev–Trinajstić information content (AvgIpc) is 2.72. The summed E-state index contributed by atoms with van der Waals surface area (Å²) in [4.78, 5) is 27.4. The summed E-state index contributed by atoms with van der Waals surface area (Å²) >= 11 is 5.90. The number of amides is 1. The maximum Gasteiger partial charge on any atom is 0.263 e. The third-order valence-corrected chi connectivity index (χ3v) is 5.46. The summed E-state index contributed by atoms with van der Waals surface area (Å²) in [6.45, 7) is 1.13. The van der Waals surface area contributed by atoms with Crippen molar-refractivity contribution in [3.63, 3.8) is 0 Å². The van der Waals surface area contributed by atoms with Gasteiger partial charge in [-0.1, -0.05) is 29.8 Å². The highest BCUT2D eigenvalue weighted by molar-refractivity contribution is 6.30. The van der Waals surface area contributed by atoms with Crippen LogP contribution in [0.1, 0.15) is 23.2 Å². The van der Waals surface area contributed by atoms with Crippen LogP contribution in [-0.4, -0.2) is 34.6 Å². The van der Waals surface area contributed by atoms with Gasteiger partial charge in [0.15, 0.2) is 0 Å². The fourth-order valence-electron chi connectivity index (χ4n) is 3.63. The molecule has 0 aliphatic carbocycles. The number of nitrogens with zero attached hydrogens (tertiary/aromatic N) is 2. The molecule has 1 amide bonds. The molecular weight excluding hydrogens is 376 g/mol. The number of pyridine rings is 1. The molecule has 1 aromatic heterocycles. The van der Waals surface area contributed by atoms with Crippen LogP contribution in [0.15, 0.2) is 59.4 Å². The molecule has 3 aromatic rings. The molecule has 1 aliphatic rings. The summed E-state index contributed by atoms with van der Waals surface area (Å²) in [5, 5.41) is 1.55. The van der Waals surface area contributed by atoms with Crippen LogP contribution in [0.25, 0.3) is 10.9 Å². The van der Waals surface area contributed by atoms with Crippen molar-refractivity contribution in [1.82, 2.24) is 9.47 Å². The van der Waals surface area contributed by atoms with Gasteiger partial charge in [0, 0.05) is 38.0 Å². The van der Waals surface area contributed by atoms with E-state index in [-0.39, 0.29) is 23.1 Å². The minimum absolute atomic E-state index is 0.0460. The van der Waals surface area contributed by atoms with E-state index in [2.05, 4.69) is 0 Å². The fraction of sp³-hybridized carbons (Fsp3) is 0.273. The number of likely N-dealkylation sites (tertiary alicyclic amines) is 1. The van der Waals surface area contributed by atoms with E-state index in [9.17, 15) is 9.59 Å². The van der Waals surface area contributed by atoms with Crippen LogP contribution in [0, 0.1) is 0 Å². The van der Waals surface area contributed by atoms with E-state index in [0.29, 0.717) is 18.1 Å². The predicted octanol–water partition coefficient (Wildman–Crippen LogP) is 3.88. The Labute approximate surface area is 168 Å². The highest BCUT2D eigenvalue weighted by Crippen LogP contribution is 2.22. The van der Waals surface area contributed by atoms with Crippen molar-refractivity contribution in [3.8, 4) is 5.75 Å². The fourth-order valence-corrected chi connectivity index (χ4v) is 3.75. The minimum atomic E-state index is -0.261. The summed E-state index contributed by atoms with van der Waals surface area (Å²) < 4.78 is 7.52. The standard InChI is InChI=1S/C22H21ClN2O3/c1-24-20-5-3-2-4-15(20)14-19(21(24)26)22(27)25-12-10-18(11-13-25)28-17-8-6-16(23)7-9-17/h2-9,14,18H,10-13H2,1H3. The van der Waals surface area contributed by atoms with Gasteiger partial charge in [-0.25, -0.2) is 0 Å². The number of para-hydroxylation sites is 1. The molecule has 28 heavy (non-hydrogen) atoms. The van der Waals surface area contributed by atoms with Gasteiger partial charge in [-0.3, -0.25) is 9.59 Å². The molecule has 1 fully saturated rings. The van der Waals surface area contributed by atoms with Crippen LogP contribution < -0.4 is 10.3 Å². The zero-order valence-electron chi connectivity index (χ0n) is 15.6. The maximum atomic E-state index is 13.0. The van der Waals surface area contributed by atoms with Gasteiger partial charge < -0.3 is 14.2 Å². The van der Waals surface area contributed by atoms with Gasteiger partial charge in [0.05, 0.1) is 5.52 Å². The first-order chi connectivity index (χ1) is 13.5. The first kappa shape index (κ1) is 18.6. The molecule has 4 rings (SSSR count). The molecule has 0 bridgehead atoms. The van der Waals surface area contributed by atoms with E-state index < -0.39 is 0 Å². The lowest BCUT2D eigenvalue weighted by molar-refractivity contribution is 0.0593. The summed E-state index contributed by atoms with van der Waals surface area (Å²) in [5.41, 5.74) is 0.778. The molecular formula is C22H21ClN2O3. The Kier molecular flexibility index (Phi) is 5.09. The highest BCUT2D eigenvalue weighted by atomic mass is 35.5. The zero-order chi connectivity index (χ0) is 19.7. The predicted molar refractivity (Wildman–Crippen MR) is 110 cm³/mol. The van der Waals surface area contributed by atoms with Crippen molar-refractivity contribution >= 4 is 28.4 Å². The Morgan fingerprint density at radius 2 is 1.75 bits per heavy atom. The Bertz CT molecular complexity index is 1070. The monoisotopic (exact) mass is 396 g/mol. The number of aryl methyl sites for hydroxylation is 1. The van der Waals surface area contributed by atoms with Crippen LogP contribution >= 0.6 is 11.6 Å². The van der Waals surface area contributed by atoms with E-state index in [1.165, 1.54) is 0 Å². The number of hydrogen-bond acceptors (Lipinski definition) is 3. The van der Waals surface area contributed by atoms with Gasteiger partial charge in [-0.05, 0) is 41.8 Å². The molecule has 5 nitrogen and oxygen atoms in total. The lowest BCUT2D eigenvalue weighted by atomic mass is 10.1. The maximum absolute atomic E-state index is 13.0. The minimum Gasteiger partial charge on any atom is -0.490 e. The average molecular weight is 397 g/mol. The number of fused-ring (bicyclic) bond motifs is 1. The Morgan fingerprint density at radius 1 is 1.07 bits per heavy atom. The summed E-state index contributed by atoms with van der Waals surface area (Å²) in [7, 11) is 1.70. The number of rotatable bonds is 3. The number of ether oxygens (including phenoxy) is 1. The first-order valence-corrected chi connectivity index (χ1v) is 9.71. The Hall–Kier alpha value is -2.79. The molecule has 0 unspecified atom stereocenters. The third-order valence-electron chi connectivity index (χ3n) is 5.21. The van der Waals surface area contributed by atoms with Gasteiger partial charge >= 0.3 is 0 Å². The second kappa shape index (κ2) is 7.68. The van der Waals surface area contributed by atoms with Crippen LogP contribution in [0.4, 0.5) is 0 Å². The summed E-state index contributed by atoms with van der Waals surface area (Å²) in [5.74, 6) is 0.564. The Morgan fingerprint density at radius 3 is 2.46 bits per heavy atom. The third kappa shape index (κ3) is 3.62. The first-order valence-electron chi connectivity index (χ1n) is 9.33. The number of carbonyl (C=O) groups is 1. The van der Waals surface area contributed by atoms with Crippen LogP contribution in [0.5, 0.6) is 5.75 Å². The van der Waals surface area contributed by atoms with Crippen molar-refractivity contribution in [2.24, 2.45) is 7.05 Å². The lowest BCUT2D eigenvalue weighted by Crippen LogP contribution is -2.43. The second-order valence-electron chi connectivity index (χ2n) is 7.04.